The van der Waals surface area contributed by atoms with Gasteiger partial charge in [-0.15, -0.1) is 0 Å². The van der Waals surface area contributed by atoms with Crippen LogP contribution in [0.2, 0.25) is 0 Å². The fourth-order valence-electron chi connectivity index (χ4n) is 1.25. The first-order chi connectivity index (χ1) is 6.16. The van der Waals surface area contributed by atoms with Gasteiger partial charge < -0.3 is 10.2 Å². The van der Waals surface area contributed by atoms with E-state index in [0.717, 1.165) is 21.2 Å². The average molecular weight is 240 g/mol. The molecule has 0 amide bonds. The smallest absolute Gasteiger partial charge is 0.135 e. The van der Waals surface area contributed by atoms with E-state index in [1.54, 1.807) is 0 Å². The number of hydrogen-bond acceptors (Lipinski definition) is 2. The zero-order valence-corrected chi connectivity index (χ0v) is 8.84. The monoisotopic (exact) mass is 239 g/mol. The van der Waals surface area contributed by atoms with Crippen molar-refractivity contribution in [1.82, 2.24) is 0 Å². The maximum Gasteiger partial charge on any atom is 0.135 e. The predicted molar refractivity (Wildman–Crippen MR) is 56.5 cm³/mol. The second-order valence-corrected chi connectivity index (χ2v) is 4.04. The van der Waals surface area contributed by atoms with Crippen LogP contribution < -0.4 is 5.73 Å². The highest BCUT2D eigenvalue weighted by molar-refractivity contribution is 9.10. The Morgan fingerprint density at radius 2 is 2.15 bits per heavy atom. The van der Waals surface area contributed by atoms with E-state index in [1.165, 1.54) is 0 Å². The first kappa shape index (κ1) is 8.78. The molecule has 0 saturated heterocycles. The molecule has 68 valence electrons. The molecule has 0 saturated carbocycles. The second-order valence-electron chi connectivity index (χ2n) is 3.12. The molecule has 1 heterocycles. The number of furan rings is 1. The summed E-state index contributed by atoms with van der Waals surface area (Å²) in [6, 6.07) is 7.87. The topological polar surface area (TPSA) is 39.2 Å². The summed E-state index contributed by atoms with van der Waals surface area (Å²) in [6.07, 6.45) is 0. The molecule has 0 aliphatic heterocycles. The lowest BCUT2D eigenvalue weighted by molar-refractivity contribution is 0.513. The van der Waals surface area contributed by atoms with Gasteiger partial charge in [-0.25, -0.2) is 0 Å². The van der Waals surface area contributed by atoms with Crippen LogP contribution >= 0.6 is 15.9 Å². The standard InChI is InChI=1S/C10H10BrNO/c1-6(12)9-4-7-2-3-8(11)5-10(7)13-9/h2-6H,12H2,1H3. The van der Waals surface area contributed by atoms with Crippen LogP contribution in [0, 0.1) is 0 Å². The number of nitrogens with two attached hydrogens (primary N) is 1. The third kappa shape index (κ3) is 1.62. The summed E-state index contributed by atoms with van der Waals surface area (Å²) in [6.45, 7) is 1.91. The summed E-state index contributed by atoms with van der Waals surface area (Å²) in [5.41, 5.74) is 6.59. The zero-order chi connectivity index (χ0) is 9.42. The number of hydrogen-bond donors (Lipinski definition) is 1. The minimum Gasteiger partial charge on any atom is -0.459 e. The highest BCUT2D eigenvalue weighted by Gasteiger charge is 2.06. The normalized spacial score (nSPS) is 13.5. The van der Waals surface area contributed by atoms with Gasteiger partial charge in [0, 0.05) is 9.86 Å². The summed E-state index contributed by atoms with van der Waals surface area (Å²) in [5.74, 6) is 0.827. The van der Waals surface area contributed by atoms with Gasteiger partial charge in [-0.1, -0.05) is 15.9 Å². The first-order valence-electron chi connectivity index (χ1n) is 4.11. The van der Waals surface area contributed by atoms with E-state index in [4.69, 9.17) is 10.2 Å². The van der Waals surface area contributed by atoms with Crippen molar-refractivity contribution >= 4 is 26.9 Å². The molecule has 2 aromatic rings. The lowest BCUT2D eigenvalue weighted by atomic mass is 10.2. The molecule has 2 N–H and O–H groups in total. The molecule has 0 fully saturated rings. The molecule has 0 spiro atoms. The molecule has 2 rings (SSSR count). The quantitative estimate of drug-likeness (QED) is 0.831. The highest BCUT2D eigenvalue weighted by Crippen LogP contribution is 2.25. The molecule has 13 heavy (non-hydrogen) atoms. The number of fused-ring (bicyclic) bond motifs is 1. The molecule has 1 unspecified atom stereocenters. The van der Waals surface area contributed by atoms with Crippen LogP contribution in [0.3, 0.4) is 0 Å². The lowest BCUT2D eigenvalue weighted by Gasteiger charge is -1.96. The third-order valence-electron chi connectivity index (χ3n) is 1.95. The van der Waals surface area contributed by atoms with E-state index in [9.17, 15) is 0 Å². The minimum absolute atomic E-state index is 0.0498. The van der Waals surface area contributed by atoms with Crippen LogP contribution in [0.4, 0.5) is 0 Å². The number of halogens is 1. The summed E-state index contributed by atoms with van der Waals surface area (Å²) < 4.78 is 6.57. The Kier molecular flexibility index (Phi) is 2.14. The second kappa shape index (κ2) is 3.16. The number of benzene rings is 1. The van der Waals surface area contributed by atoms with Crippen molar-refractivity contribution in [2.45, 2.75) is 13.0 Å². The molecular weight excluding hydrogens is 230 g/mol. The van der Waals surface area contributed by atoms with Crippen molar-refractivity contribution < 1.29 is 4.42 Å². The van der Waals surface area contributed by atoms with Gasteiger partial charge in [0.05, 0.1) is 6.04 Å². The molecular formula is C10H10BrNO. The van der Waals surface area contributed by atoms with E-state index < -0.39 is 0 Å². The van der Waals surface area contributed by atoms with E-state index in [0.29, 0.717) is 0 Å². The van der Waals surface area contributed by atoms with Gasteiger partial charge in [0.2, 0.25) is 0 Å². The molecule has 2 nitrogen and oxygen atoms in total. The Hall–Kier alpha value is -0.800. The van der Waals surface area contributed by atoms with Crippen LogP contribution in [0.5, 0.6) is 0 Å². The van der Waals surface area contributed by atoms with Crippen molar-refractivity contribution in [3.05, 3.63) is 34.5 Å². The summed E-state index contributed by atoms with van der Waals surface area (Å²) >= 11 is 3.39. The minimum atomic E-state index is -0.0498. The predicted octanol–water partition coefficient (Wildman–Crippen LogP) is 3.22. The molecule has 1 aromatic carbocycles. The highest BCUT2D eigenvalue weighted by atomic mass is 79.9. The van der Waals surface area contributed by atoms with Crippen molar-refractivity contribution in [3.63, 3.8) is 0 Å². The molecule has 1 atom stereocenters. The fraction of sp³-hybridized carbons (Fsp3) is 0.200. The summed E-state index contributed by atoms with van der Waals surface area (Å²) in [4.78, 5) is 0. The Labute approximate surface area is 84.8 Å². The lowest BCUT2D eigenvalue weighted by Crippen LogP contribution is -2.02. The van der Waals surface area contributed by atoms with E-state index in [2.05, 4.69) is 15.9 Å². The number of rotatable bonds is 1. The average Bonchev–Trinajstić information content (AvgIpc) is 2.46. The van der Waals surface area contributed by atoms with Gasteiger partial charge in [0.1, 0.15) is 11.3 Å². The Morgan fingerprint density at radius 3 is 2.85 bits per heavy atom. The molecule has 3 heteroatoms. The van der Waals surface area contributed by atoms with Crippen LogP contribution in [-0.2, 0) is 0 Å². The zero-order valence-electron chi connectivity index (χ0n) is 7.25. The van der Waals surface area contributed by atoms with Crippen LogP contribution in [0.15, 0.2) is 33.2 Å². The Bertz CT molecular complexity index is 433. The van der Waals surface area contributed by atoms with Crippen molar-refractivity contribution in [2.75, 3.05) is 0 Å². The van der Waals surface area contributed by atoms with Gasteiger partial charge in [-0.05, 0) is 31.2 Å². The van der Waals surface area contributed by atoms with Gasteiger partial charge in [0.25, 0.3) is 0 Å². The molecule has 0 aliphatic rings. The van der Waals surface area contributed by atoms with Crippen molar-refractivity contribution in [3.8, 4) is 0 Å². The fourth-order valence-corrected chi connectivity index (χ4v) is 1.59. The van der Waals surface area contributed by atoms with Gasteiger partial charge in [-0.2, -0.15) is 0 Å². The largest absolute Gasteiger partial charge is 0.459 e. The van der Waals surface area contributed by atoms with Crippen molar-refractivity contribution in [2.24, 2.45) is 5.73 Å². The molecule has 0 radical (unpaired) electrons. The van der Waals surface area contributed by atoms with Gasteiger partial charge in [-0.3, -0.25) is 0 Å². The molecule has 0 bridgehead atoms. The summed E-state index contributed by atoms with van der Waals surface area (Å²) in [5, 5.41) is 1.09. The van der Waals surface area contributed by atoms with E-state index in [-0.39, 0.29) is 6.04 Å². The first-order valence-corrected chi connectivity index (χ1v) is 4.90. The maximum absolute atomic E-state index is 5.71. The maximum atomic E-state index is 5.71. The SMILES string of the molecule is CC(N)c1cc2ccc(Br)cc2o1. The van der Waals surface area contributed by atoms with Crippen LogP contribution in [-0.4, -0.2) is 0 Å². The Morgan fingerprint density at radius 1 is 1.38 bits per heavy atom. The van der Waals surface area contributed by atoms with Crippen LogP contribution in [0.25, 0.3) is 11.0 Å². The van der Waals surface area contributed by atoms with Gasteiger partial charge in [0.15, 0.2) is 0 Å². The van der Waals surface area contributed by atoms with Gasteiger partial charge >= 0.3 is 0 Å². The molecule has 0 aliphatic carbocycles. The third-order valence-corrected chi connectivity index (χ3v) is 2.44. The van der Waals surface area contributed by atoms with E-state index in [1.807, 2.05) is 31.2 Å². The van der Waals surface area contributed by atoms with Crippen LogP contribution in [0.1, 0.15) is 18.7 Å². The summed E-state index contributed by atoms with van der Waals surface area (Å²) in [7, 11) is 0. The molecule has 1 aromatic heterocycles. The Balaban J connectivity index is 2.62. The van der Waals surface area contributed by atoms with Crippen molar-refractivity contribution in [1.29, 1.82) is 0 Å². The van der Waals surface area contributed by atoms with E-state index >= 15 is 0 Å².